The van der Waals surface area contributed by atoms with Crippen LogP contribution in [0.2, 0.25) is 0 Å². The molecule has 5 N–H and O–H groups in total. The Bertz CT molecular complexity index is 2420. The number of rotatable bonds is 26. The van der Waals surface area contributed by atoms with Crippen LogP contribution in [0.25, 0.3) is 0 Å². The third-order valence-corrected chi connectivity index (χ3v) is 9.77. The Kier molecular flexibility index (Phi) is 25.1. The highest BCUT2D eigenvalue weighted by Crippen LogP contribution is 2.29. The van der Waals surface area contributed by atoms with Crippen LogP contribution in [0.5, 0.6) is 11.5 Å². The highest BCUT2D eigenvalue weighted by molar-refractivity contribution is 6.00. The van der Waals surface area contributed by atoms with Crippen molar-refractivity contribution in [2.24, 2.45) is 26.9 Å². The van der Waals surface area contributed by atoms with Crippen LogP contribution in [0.1, 0.15) is 110 Å². The molecule has 0 aliphatic carbocycles. The second kappa shape index (κ2) is 31.2. The van der Waals surface area contributed by atoms with Gasteiger partial charge in [-0.15, -0.1) is 0 Å². The van der Waals surface area contributed by atoms with E-state index in [4.69, 9.17) is 30.4 Å². The Hall–Kier alpha value is -7.95. The number of carbonyl (C=O) groups is 6. The van der Waals surface area contributed by atoms with Gasteiger partial charge in [-0.25, -0.2) is 14.4 Å². The van der Waals surface area contributed by atoms with Crippen LogP contribution in [-0.4, -0.2) is 90.8 Å². The predicted octanol–water partition coefficient (Wildman–Crippen LogP) is 7.76. The van der Waals surface area contributed by atoms with Crippen LogP contribution in [0, 0.1) is 5.41 Å². The first-order valence-electron chi connectivity index (χ1n) is 22.9. The highest BCUT2D eigenvalue weighted by atomic mass is 16.6. The molecule has 17 heteroatoms. The molecule has 2 aromatic carbocycles. The molecule has 70 heavy (non-hydrogen) atoms. The van der Waals surface area contributed by atoms with Crippen molar-refractivity contribution in [3.63, 3.8) is 0 Å². The molecule has 0 fully saturated rings. The van der Waals surface area contributed by atoms with Gasteiger partial charge in [0.25, 0.3) is 11.8 Å². The summed E-state index contributed by atoms with van der Waals surface area (Å²) in [4.78, 5) is 92.5. The van der Waals surface area contributed by atoms with Crippen molar-refractivity contribution in [2.75, 3.05) is 27.2 Å². The lowest BCUT2D eigenvalue weighted by Crippen LogP contribution is -2.49. The molecule has 0 saturated carbocycles. The van der Waals surface area contributed by atoms with Gasteiger partial charge in [-0.1, -0.05) is 106 Å². The SMILES string of the molecule is CC/C=C\C/C=C\C/C=C\C/C=C\C/C=C\CCCC(=O)OCC(C)(C)[C@@H](OC(=O)c1ccccc1OC(=O)c1ccccc1OC(=O)c1cccnc1)C(=O)NCCC(=O)N=C(N)/N=C(\N)N(C)C. The number of hydrogen-bond donors (Lipinski definition) is 3. The maximum atomic E-state index is 14.0. The molecule has 372 valence electrons. The second-order valence-electron chi connectivity index (χ2n) is 16.3. The fourth-order valence-corrected chi connectivity index (χ4v) is 5.94. The molecule has 0 spiro atoms. The van der Waals surface area contributed by atoms with Gasteiger partial charge in [-0.05, 0) is 81.3 Å². The van der Waals surface area contributed by atoms with E-state index in [0.29, 0.717) is 12.8 Å². The lowest BCUT2D eigenvalue weighted by molar-refractivity contribution is -0.153. The number of aliphatic imine (C=N–C) groups is 2. The fourth-order valence-electron chi connectivity index (χ4n) is 5.94. The van der Waals surface area contributed by atoms with Crippen molar-refractivity contribution < 1.29 is 47.7 Å². The second-order valence-corrected chi connectivity index (χ2v) is 16.3. The number of ether oxygens (including phenoxy) is 4. The maximum Gasteiger partial charge on any atom is 0.347 e. The molecule has 17 nitrogen and oxygen atoms in total. The molecule has 3 aromatic rings. The first-order valence-corrected chi connectivity index (χ1v) is 22.9. The topological polar surface area (TPSA) is 244 Å². The van der Waals surface area contributed by atoms with Gasteiger partial charge in [-0.2, -0.15) is 9.98 Å². The molecule has 1 aromatic heterocycles. The summed E-state index contributed by atoms with van der Waals surface area (Å²) in [7, 11) is 3.25. The Labute approximate surface area is 410 Å². The summed E-state index contributed by atoms with van der Waals surface area (Å²) in [5, 5.41) is 2.58. The van der Waals surface area contributed by atoms with Crippen LogP contribution < -0.4 is 26.3 Å². The van der Waals surface area contributed by atoms with Gasteiger partial charge in [-0.3, -0.25) is 19.4 Å². The summed E-state index contributed by atoms with van der Waals surface area (Å²) in [6.07, 6.45) is 27.8. The molecule has 0 bridgehead atoms. The zero-order chi connectivity index (χ0) is 51.2. The third-order valence-electron chi connectivity index (χ3n) is 9.77. The summed E-state index contributed by atoms with van der Waals surface area (Å²) in [5.74, 6) is -5.59. The minimum atomic E-state index is -1.61. The van der Waals surface area contributed by atoms with E-state index in [1.165, 1.54) is 65.8 Å². The monoisotopic (exact) mass is 959 g/mol. The summed E-state index contributed by atoms with van der Waals surface area (Å²) in [5.41, 5.74) is 9.90. The molecule has 0 unspecified atom stereocenters. The number of carbonyl (C=O) groups excluding carboxylic acids is 6. The number of pyridine rings is 1. The standard InChI is InChI=1S/C53H65N7O10/c1-6-7-8-9-10-11-12-13-14-15-16-17-18-19-20-21-22-33-45(62)67-38-53(2,3)46(47(63)57-36-34-44(61)58-51(54)59-52(55)60(4)5)70-50(66)41-30-24-26-32-43(41)69-49(65)40-29-23-25-31-42(40)68-48(64)39-28-27-35-56-37-39/h7-8,10-11,13-14,16-17,19-20,23-32,35,37,46H,6,9,12,15,18,21-22,33-34,36,38H2,1-5H3,(H,57,63)(H4,54,55,58,59,61)/b8-7-,11-10-,14-13-,17-16-,20-19-/t46-/m0/s1. The quantitative estimate of drug-likeness (QED) is 0.0174. The Morgan fingerprint density at radius 2 is 1.27 bits per heavy atom. The Balaban J connectivity index is 1.67. The average Bonchev–Trinajstić information content (AvgIpc) is 3.33. The molecule has 0 aliphatic rings. The number of guanidine groups is 2. The van der Waals surface area contributed by atoms with E-state index < -0.39 is 47.2 Å². The number of aromatic nitrogens is 1. The first kappa shape index (κ1) is 56.4. The molecular formula is C53H65N7O10. The largest absolute Gasteiger partial charge is 0.465 e. The van der Waals surface area contributed by atoms with Gasteiger partial charge in [0.1, 0.15) is 29.2 Å². The maximum absolute atomic E-state index is 14.0. The van der Waals surface area contributed by atoms with Crippen molar-refractivity contribution in [3.8, 4) is 11.5 Å². The van der Waals surface area contributed by atoms with Crippen LogP contribution in [-0.2, 0) is 23.9 Å². The highest BCUT2D eigenvalue weighted by Gasteiger charge is 2.40. The minimum Gasteiger partial charge on any atom is -0.465 e. The van der Waals surface area contributed by atoms with Crippen molar-refractivity contribution in [2.45, 2.75) is 84.7 Å². The number of nitrogens with two attached hydrogens (primary N) is 2. The summed E-state index contributed by atoms with van der Waals surface area (Å²) < 4.78 is 22.6. The number of benzene rings is 2. The van der Waals surface area contributed by atoms with E-state index in [1.54, 1.807) is 40.1 Å². The van der Waals surface area contributed by atoms with Crippen molar-refractivity contribution in [1.82, 2.24) is 15.2 Å². The third kappa shape index (κ3) is 21.3. The average molecular weight is 960 g/mol. The van der Waals surface area contributed by atoms with Gasteiger partial charge in [0, 0.05) is 51.3 Å². The number of unbranched alkanes of at least 4 members (excludes halogenated alkanes) is 1. The van der Waals surface area contributed by atoms with E-state index in [-0.39, 0.29) is 66.1 Å². The minimum absolute atomic E-state index is 0.0173. The van der Waals surface area contributed by atoms with Crippen LogP contribution >= 0.6 is 0 Å². The molecule has 1 atom stereocenters. The van der Waals surface area contributed by atoms with E-state index in [2.05, 4.69) is 75.8 Å². The lowest BCUT2D eigenvalue weighted by Gasteiger charge is -2.32. The Morgan fingerprint density at radius 3 is 1.84 bits per heavy atom. The summed E-state index contributed by atoms with van der Waals surface area (Å²) in [6.45, 7) is 4.66. The number of para-hydroxylation sites is 2. The molecule has 0 radical (unpaired) electrons. The van der Waals surface area contributed by atoms with Crippen molar-refractivity contribution in [1.29, 1.82) is 0 Å². The van der Waals surface area contributed by atoms with Crippen LogP contribution in [0.4, 0.5) is 0 Å². The summed E-state index contributed by atoms with van der Waals surface area (Å²) in [6, 6.07) is 14.6. The predicted molar refractivity (Wildman–Crippen MR) is 269 cm³/mol. The van der Waals surface area contributed by atoms with Crippen LogP contribution in [0.15, 0.2) is 144 Å². The van der Waals surface area contributed by atoms with Gasteiger partial charge in [0.05, 0.1) is 5.56 Å². The van der Waals surface area contributed by atoms with Gasteiger partial charge in [0.15, 0.2) is 12.1 Å². The van der Waals surface area contributed by atoms with E-state index in [0.717, 1.165) is 32.1 Å². The first-order chi connectivity index (χ1) is 33.6. The number of esters is 4. The number of nitrogens with zero attached hydrogens (tertiary/aromatic N) is 4. The molecule has 0 saturated heterocycles. The molecular weight excluding hydrogens is 895 g/mol. The number of amides is 2. The molecule has 1 heterocycles. The number of hydrogen-bond acceptors (Lipinski definition) is 11. The van der Waals surface area contributed by atoms with Gasteiger partial charge >= 0.3 is 23.9 Å². The number of allylic oxidation sites excluding steroid dienone is 10. The van der Waals surface area contributed by atoms with Crippen molar-refractivity contribution >= 4 is 47.6 Å². The van der Waals surface area contributed by atoms with E-state index in [1.807, 2.05) is 12.2 Å². The van der Waals surface area contributed by atoms with Crippen molar-refractivity contribution in [3.05, 3.63) is 151 Å². The van der Waals surface area contributed by atoms with E-state index >= 15 is 0 Å². The Morgan fingerprint density at radius 1 is 0.714 bits per heavy atom. The molecule has 0 aliphatic heterocycles. The fraction of sp³-hybridized carbons (Fsp3) is 0.340. The number of nitrogens with one attached hydrogen (secondary N) is 1. The molecule has 2 amide bonds. The molecule has 3 rings (SSSR count). The lowest BCUT2D eigenvalue weighted by atomic mass is 9.86. The zero-order valence-corrected chi connectivity index (χ0v) is 40.6. The zero-order valence-electron chi connectivity index (χ0n) is 40.6. The van der Waals surface area contributed by atoms with Gasteiger partial charge in [0.2, 0.25) is 5.96 Å². The normalized spacial score (nSPS) is 12.7. The summed E-state index contributed by atoms with van der Waals surface area (Å²) >= 11 is 0. The van der Waals surface area contributed by atoms with E-state index in [9.17, 15) is 28.8 Å². The van der Waals surface area contributed by atoms with Gasteiger partial charge < -0.3 is 40.6 Å². The smallest absolute Gasteiger partial charge is 0.347 e. The van der Waals surface area contributed by atoms with Crippen LogP contribution in [0.3, 0.4) is 0 Å².